The normalized spacial score (nSPS) is 14.8. The van der Waals surface area contributed by atoms with Crippen LogP contribution in [0.2, 0.25) is 5.02 Å². The highest BCUT2D eigenvalue weighted by Gasteiger charge is 2.27. The second kappa shape index (κ2) is 8.35. The molecule has 1 aromatic heterocycles. The molecule has 7 nitrogen and oxygen atoms in total. The average molecular weight is 390 g/mol. The summed E-state index contributed by atoms with van der Waals surface area (Å²) in [6.45, 7) is 0.878. The lowest BCUT2D eigenvalue weighted by molar-refractivity contribution is -0.149. The van der Waals surface area contributed by atoms with Gasteiger partial charge in [-0.25, -0.2) is 4.98 Å². The van der Waals surface area contributed by atoms with Crippen molar-refractivity contribution < 1.29 is 14.3 Å². The van der Waals surface area contributed by atoms with Crippen molar-refractivity contribution >= 4 is 23.5 Å². The molecular formula is C19H20ClN3O4. The van der Waals surface area contributed by atoms with Gasteiger partial charge in [-0.2, -0.15) is 0 Å². The molecule has 8 heteroatoms. The lowest BCUT2D eigenvalue weighted by Gasteiger charge is -2.30. The number of piperidine rings is 1. The quantitative estimate of drug-likeness (QED) is 0.747. The van der Waals surface area contributed by atoms with E-state index < -0.39 is 0 Å². The second-order valence-electron chi connectivity index (χ2n) is 6.43. The number of ether oxygens (including phenoxy) is 1. The van der Waals surface area contributed by atoms with Crippen molar-refractivity contribution in [3.8, 4) is 11.3 Å². The highest BCUT2D eigenvalue weighted by Crippen LogP contribution is 2.19. The van der Waals surface area contributed by atoms with Crippen molar-refractivity contribution in [3.63, 3.8) is 0 Å². The molecule has 1 saturated heterocycles. The zero-order chi connectivity index (χ0) is 19.4. The minimum Gasteiger partial charge on any atom is -0.469 e. The van der Waals surface area contributed by atoms with Crippen LogP contribution in [-0.4, -0.2) is 46.5 Å². The van der Waals surface area contributed by atoms with Gasteiger partial charge >= 0.3 is 5.97 Å². The predicted molar refractivity (Wildman–Crippen MR) is 100 cm³/mol. The number of carbonyl (C=O) groups excluding carboxylic acids is 2. The van der Waals surface area contributed by atoms with Crippen LogP contribution in [0.3, 0.4) is 0 Å². The van der Waals surface area contributed by atoms with Crippen molar-refractivity contribution in [1.29, 1.82) is 0 Å². The zero-order valence-electron chi connectivity index (χ0n) is 14.9. The van der Waals surface area contributed by atoms with E-state index in [-0.39, 0.29) is 29.9 Å². The Morgan fingerprint density at radius 1 is 1.22 bits per heavy atom. The summed E-state index contributed by atoms with van der Waals surface area (Å²) in [6.07, 6.45) is 2.52. The first-order chi connectivity index (χ1) is 13.0. The van der Waals surface area contributed by atoms with Gasteiger partial charge in [0.05, 0.1) is 25.0 Å². The maximum atomic E-state index is 12.5. The molecule has 1 fully saturated rings. The van der Waals surface area contributed by atoms with Crippen LogP contribution in [0.4, 0.5) is 0 Å². The Hall–Kier alpha value is -2.67. The third kappa shape index (κ3) is 4.54. The van der Waals surface area contributed by atoms with E-state index >= 15 is 0 Å². The SMILES string of the molecule is COC(=O)C1CCN(C(=O)Cn2cnc(-c3ccc(Cl)cc3)cc2=O)CC1. The van der Waals surface area contributed by atoms with Crippen molar-refractivity contribution in [1.82, 2.24) is 14.5 Å². The fourth-order valence-corrected chi connectivity index (χ4v) is 3.23. The van der Waals surface area contributed by atoms with E-state index in [1.54, 1.807) is 29.2 Å². The molecule has 2 aromatic rings. The molecular weight excluding hydrogens is 370 g/mol. The van der Waals surface area contributed by atoms with Gasteiger partial charge in [-0.1, -0.05) is 23.7 Å². The summed E-state index contributed by atoms with van der Waals surface area (Å²) in [4.78, 5) is 42.3. The Balaban J connectivity index is 1.64. The van der Waals surface area contributed by atoms with Crippen LogP contribution in [0.1, 0.15) is 12.8 Å². The lowest BCUT2D eigenvalue weighted by Crippen LogP contribution is -2.43. The monoisotopic (exact) mass is 389 g/mol. The fraction of sp³-hybridized carbons (Fsp3) is 0.368. The molecule has 1 aliphatic heterocycles. The number of carbonyl (C=O) groups is 2. The first-order valence-electron chi connectivity index (χ1n) is 8.66. The molecule has 0 saturated carbocycles. The topological polar surface area (TPSA) is 81.5 Å². The minimum atomic E-state index is -0.298. The van der Waals surface area contributed by atoms with E-state index in [0.717, 1.165) is 5.56 Å². The smallest absolute Gasteiger partial charge is 0.308 e. The minimum absolute atomic E-state index is 0.0738. The van der Waals surface area contributed by atoms with E-state index in [2.05, 4.69) is 4.98 Å². The number of amides is 1. The first kappa shape index (κ1) is 19.1. The van der Waals surface area contributed by atoms with Crippen LogP contribution in [0.25, 0.3) is 11.3 Å². The van der Waals surface area contributed by atoms with Crippen molar-refractivity contribution in [2.75, 3.05) is 20.2 Å². The number of hydrogen-bond acceptors (Lipinski definition) is 5. The fourth-order valence-electron chi connectivity index (χ4n) is 3.10. The van der Waals surface area contributed by atoms with Crippen molar-refractivity contribution in [3.05, 3.63) is 52.0 Å². The Morgan fingerprint density at radius 2 is 1.89 bits per heavy atom. The standard InChI is InChI=1S/C19H20ClN3O4/c1-27-19(26)14-6-8-22(9-7-14)18(25)11-23-12-21-16(10-17(23)24)13-2-4-15(20)5-3-13/h2-5,10,12,14H,6-9,11H2,1H3. The molecule has 3 rings (SSSR count). The highest BCUT2D eigenvalue weighted by atomic mass is 35.5. The summed E-state index contributed by atoms with van der Waals surface area (Å²) in [6, 6.07) is 8.42. The van der Waals surface area contributed by atoms with Gasteiger partial charge in [0, 0.05) is 29.7 Å². The number of hydrogen-bond donors (Lipinski definition) is 0. The molecule has 0 unspecified atom stereocenters. The van der Waals surface area contributed by atoms with Gasteiger partial charge in [0.1, 0.15) is 6.54 Å². The van der Waals surface area contributed by atoms with Crippen LogP contribution in [0.5, 0.6) is 0 Å². The van der Waals surface area contributed by atoms with E-state index in [1.165, 1.54) is 24.1 Å². The zero-order valence-corrected chi connectivity index (χ0v) is 15.7. The molecule has 0 radical (unpaired) electrons. The summed E-state index contributed by atoms with van der Waals surface area (Å²) in [5.74, 6) is -0.566. The van der Waals surface area contributed by atoms with Gasteiger partial charge in [-0.05, 0) is 25.0 Å². The molecule has 0 atom stereocenters. The molecule has 0 bridgehead atoms. The van der Waals surface area contributed by atoms with Gasteiger partial charge in [0.25, 0.3) is 5.56 Å². The van der Waals surface area contributed by atoms with E-state index in [4.69, 9.17) is 16.3 Å². The Labute approximate surface area is 161 Å². The number of halogens is 1. The summed E-state index contributed by atoms with van der Waals surface area (Å²) < 4.78 is 6.03. The maximum absolute atomic E-state index is 12.5. The first-order valence-corrected chi connectivity index (χ1v) is 9.04. The number of esters is 1. The molecule has 0 aliphatic carbocycles. The number of likely N-dealkylation sites (tertiary alicyclic amines) is 1. The third-order valence-electron chi connectivity index (χ3n) is 4.71. The number of methoxy groups -OCH3 is 1. The molecule has 1 aromatic carbocycles. The molecule has 1 aliphatic rings. The van der Waals surface area contributed by atoms with E-state index in [9.17, 15) is 14.4 Å². The summed E-state index contributed by atoms with van der Waals surface area (Å²) >= 11 is 5.87. The Morgan fingerprint density at radius 3 is 2.48 bits per heavy atom. The van der Waals surface area contributed by atoms with Gasteiger partial charge in [-0.15, -0.1) is 0 Å². The van der Waals surface area contributed by atoms with Crippen molar-refractivity contribution in [2.24, 2.45) is 5.92 Å². The predicted octanol–water partition coefficient (Wildman–Crippen LogP) is 1.98. The summed E-state index contributed by atoms with van der Waals surface area (Å²) in [5.41, 5.74) is 1.01. The number of aromatic nitrogens is 2. The number of rotatable bonds is 4. The summed E-state index contributed by atoms with van der Waals surface area (Å²) in [5, 5.41) is 0.605. The average Bonchev–Trinajstić information content (AvgIpc) is 2.69. The largest absolute Gasteiger partial charge is 0.469 e. The number of benzene rings is 1. The number of nitrogens with zero attached hydrogens (tertiary/aromatic N) is 3. The summed E-state index contributed by atoms with van der Waals surface area (Å²) in [7, 11) is 1.37. The Kier molecular flexibility index (Phi) is 5.91. The van der Waals surface area contributed by atoms with Crippen LogP contribution in [-0.2, 0) is 20.9 Å². The second-order valence-corrected chi connectivity index (χ2v) is 6.86. The van der Waals surface area contributed by atoms with E-state index in [1.807, 2.05) is 0 Å². The van der Waals surface area contributed by atoms with Crippen molar-refractivity contribution in [2.45, 2.75) is 19.4 Å². The van der Waals surface area contributed by atoms with Crippen LogP contribution >= 0.6 is 11.6 Å². The van der Waals surface area contributed by atoms with Crippen LogP contribution < -0.4 is 5.56 Å². The third-order valence-corrected chi connectivity index (χ3v) is 4.96. The molecule has 2 heterocycles. The van der Waals surface area contributed by atoms with Gasteiger partial charge in [0.2, 0.25) is 5.91 Å². The van der Waals surface area contributed by atoms with Crippen LogP contribution in [0.15, 0.2) is 41.5 Å². The van der Waals surface area contributed by atoms with Gasteiger partial charge < -0.3 is 9.64 Å². The highest BCUT2D eigenvalue weighted by molar-refractivity contribution is 6.30. The van der Waals surface area contributed by atoms with Crippen LogP contribution in [0, 0.1) is 5.92 Å². The van der Waals surface area contributed by atoms with E-state index in [0.29, 0.717) is 36.6 Å². The van der Waals surface area contributed by atoms with Gasteiger partial charge in [0.15, 0.2) is 0 Å². The molecule has 0 N–H and O–H groups in total. The maximum Gasteiger partial charge on any atom is 0.308 e. The molecule has 0 spiro atoms. The molecule has 142 valence electrons. The van der Waals surface area contributed by atoms with Gasteiger partial charge in [-0.3, -0.25) is 19.0 Å². The lowest BCUT2D eigenvalue weighted by atomic mass is 9.97. The molecule has 27 heavy (non-hydrogen) atoms. The Bertz CT molecular complexity index is 887. The molecule has 1 amide bonds.